The highest BCUT2D eigenvalue weighted by Crippen LogP contribution is 2.20. The Hall–Kier alpha value is -3.48. The van der Waals surface area contributed by atoms with Crippen LogP contribution in [0.4, 0.5) is 5.69 Å². The van der Waals surface area contributed by atoms with Crippen molar-refractivity contribution in [3.8, 4) is 11.5 Å². The van der Waals surface area contributed by atoms with E-state index in [1.165, 1.54) is 0 Å². The number of nitrogens with one attached hydrogen (secondary N) is 1. The van der Waals surface area contributed by atoms with Crippen LogP contribution in [0.2, 0.25) is 0 Å². The molecule has 7 heteroatoms. The van der Waals surface area contributed by atoms with Gasteiger partial charge in [0, 0.05) is 18.4 Å². The van der Waals surface area contributed by atoms with Gasteiger partial charge in [-0.25, -0.2) is 4.79 Å². The fourth-order valence-corrected chi connectivity index (χ4v) is 2.58. The van der Waals surface area contributed by atoms with E-state index < -0.39 is 5.97 Å². The molecule has 0 radical (unpaired) electrons. The molecule has 0 saturated heterocycles. The highest BCUT2D eigenvalue weighted by molar-refractivity contribution is 6.01. The van der Waals surface area contributed by atoms with Crippen molar-refractivity contribution >= 4 is 17.6 Å². The number of nitrogens with zero attached hydrogens (tertiary/aromatic N) is 2. The topological polar surface area (TPSA) is 94.3 Å². The predicted molar refractivity (Wildman–Crippen MR) is 104 cm³/mol. The van der Waals surface area contributed by atoms with Crippen LogP contribution in [0.3, 0.4) is 0 Å². The number of aryl methyl sites for hydroxylation is 2. The Morgan fingerprint density at radius 3 is 2.57 bits per heavy atom. The van der Waals surface area contributed by atoms with Gasteiger partial charge in [0.2, 0.25) is 17.7 Å². The van der Waals surface area contributed by atoms with Crippen LogP contribution in [0.1, 0.15) is 35.2 Å². The number of esters is 1. The minimum absolute atomic E-state index is 0.146. The molecular weight excluding hydrogens is 358 g/mol. The average molecular weight is 379 g/mol. The van der Waals surface area contributed by atoms with Crippen molar-refractivity contribution < 1.29 is 18.7 Å². The van der Waals surface area contributed by atoms with Crippen LogP contribution in [0.25, 0.3) is 11.5 Å². The molecule has 1 heterocycles. The lowest BCUT2D eigenvalue weighted by Gasteiger charge is -2.09. The molecule has 3 rings (SSSR count). The number of aromatic nitrogens is 2. The molecule has 0 aliphatic carbocycles. The van der Waals surface area contributed by atoms with Crippen LogP contribution in [0.15, 0.2) is 52.9 Å². The molecule has 1 aromatic heterocycles. The van der Waals surface area contributed by atoms with E-state index in [4.69, 9.17) is 9.15 Å². The third-order valence-electron chi connectivity index (χ3n) is 4.03. The summed E-state index contributed by atoms with van der Waals surface area (Å²) in [6.45, 7) is 4.00. The highest BCUT2D eigenvalue weighted by Gasteiger charge is 2.15. The Kier molecular flexibility index (Phi) is 6.16. The summed E-state index contributed by atoms with van der Waals surface area (Å²) in [6.07, 6.45) is 0.443. The molecule has 28 heavy (non-hydrogen) atoms. The van der Waals surface area contributed by atoms with Crippen LogP contribution in [-0.2, 0) is 16.0 Å². The van der Waals surface area contributed by atoms with Gasteiger partial charge in [0.15, 0.2) is 0 Å². The van der Waals surface area contributed by atoms with Gasteiger partial charge in [-0.3, -0.25) is 4.79 Å². The van der Waals surface area contributed by atoms with Gasteiger partial charge in [-0.2, -0.15) is 0 Å². The SMILES string of the molecule is CCOC(=O)c1ccccc1NC(=O)CCc1nnc(-c2ccc(C)cc2)o1. The maximum atomic E-state index is 12.3. The molecule has 0 saturated carbocycles. The lowest BCUT2D eigenvalue weighted by atomic mass is 10.1. The smallest absolute Gasteiger partial charge is 0.340 e. The first-order valence-electron chi connectivity index (χ1n) is 9.02. The summed E-state index contributed by atoms with van der Waals surface area (Å²) in [6, 6.07) is 14.5. The molecule has 0 unspecified atom stereocenters. The lowest BCUT2D eigenvalue weighted by Crippen LogP contribution is -2.16. The van der Waals surface area contributed by atoms with Crippen LogP contribution in [-0.4, -0.2) is 28.7 Å². The van der Waals surface area contributed by atoms with Gasteiger partial charge in [0.05, 0.1) is 17.9 Å². The number of benzene rings is 2. The van der Waals surface area contributed by atoms with E-state index in [0.717, 1.165) is 11.1 Å². The molecular formula is C21H21N3O4. The van der Waals surface area contributed by atoms with Crippen molar-refractivity contribution in [3.63, 3.8) is 0 Å². The first kappa shape index (κ1) is 19.3. The van der Waals surface area contributed by atoms with Crippen LogP contribution < -0.4 is 5.32 Å². The number of amides is 1. The summed E-state index contributed by atoms with van der Waals surface area (Å²) in [5, 5.41) is 10.8. The predicted octanol–water partition coefficient (Wildman–Crippen LogP) is 3.79. The van der Waals surface area contributed by atoms with Crippen molar-refractivity contribution in [3.05, 3.63) is 65.5 Å². The second-order valence-corrected chi connectivity index (χ2v) is 6.18. The fraction of sp³-hybridized carbons (Fsp3) is 0.238. The minimum atomic E-state index is -0.474. The second kappa shape index (κ2) is 8.94. The Morgan fingerprint density at radius 1 is 1.07 bits per heavy atom. The molecule has 2 aromatic carbocycles. The highest BCUT2D eigenvalue weighted by atomic mass is 16.5. The van der Waals surface area contributed by atoms with Gasteiger partial charge in [-0.15, -0.1) is 10.2 Å². The van der Waals surface area contributed by atoms with Gasteiger partial charge in [0.1, 0.15) is 0 Å². The van der Waals surface area contributed by atoms with E-state index >= 15 is 0 Å². The quantitative estimate of drug-likeness (QED) is 0.628. The zero-order valence-electron chi connectivity index (χ0n) is 15.8. The Balaban J connectivity index is 1.60. The maximum absolute atomic E-state index is 12.3. The van der Waals surface area contributed by atoms with E-state index in [0.29, 0.717) is 29.5 Å². The van der Waals surface area contributed by atoms with Crippen LogP contribution in [0, 0.1) is 6.92 Å². The van der Waals surface area contributed by atoms with Crippen molar-refractivity contribution in [1.82, 2.24) is 10.2 Å². The van der Waals surface area contributed by atoms with Gasteiger partial charge < -0.3 is 14.5 Å². The van der Waals surface area contributed by atoms with Gasteiger partial charge in [-0.05, 0) is 38.1 Å². The van der Waals surface area contributed by atoms with Crippen LogP contribution in [0.5, 0.6) is 0 Å². The molecule has 3 aromatic rings. The average Bonchev–Trinajstić information content (AvgIpc) is 3.16. The molecule has 0 aliphatic rings. The largest absolute Gasteiger partial charge is 0.462 e. The van der Waals surface area contributed by atoms with Gasteiger partial charge in [0.25, 0.3) is 0 Å². The molecule has 0 bridgehead atoms. The summed E-state index contributed by atoms with van der Waals surface area (Å²) in [5.41, 5.74) is 2.70. The molecule has 1 amide bonds. The molecule has 0 atom stereocenters. The summed E-state index contributed by atoms with van der Waals surface area (Å²) >= 11 is 0. The van der Waals surface area contributed by atoms with Crippen LogP contribution >= 0.6 is 0 Å². The van der Waals surface area contributed by atoms with Crippen molar-refractivity contribution in [1.29, 1.82) is 0 Å². The summed E-state index contributed by atoms with van der Waals surface area (Å²) < 4.78 is 10.6. The Morgan fingerprint density at radius 2 is 1.82 bits per heavy atom. The summed E-state index contributed by atoms with van der Waals surface area (Å²) in [4.78, 5) is 24.3. The number of carbonyl (C=O) groups excluding carboxylic acids is 2. The number of para-hydroxylation sites is 1. The minimum Gasteiger partial charge on any atom is -0.462 e. The molecule has 7 nitrogen and oxygen atoms in total. The Bertz CT molecular complexity index is 964. The summed E-state index contributed by atoms with van der Waals surface area (Å²) in [7, 11) is 0. The number of hydrogen-bond acceptors (Lipinski definition) is 6. The first-order valence-corrected chi connectivity index (χ1v) is 9.02. The number of hydrogen-bond donors (Lipinski definition) is 1. The van der Waals surface area contributed by atoms with Crippen molar-refractivity contribution in [2.75, 3.05) is 11.9 Å². The van der Waals surface area contributed by atoms with Gasteiger partial charge in [-0.1, -0.05) is 29.8 Å². The monoisotopic (exact) mass is 379 g/mol. The Labute approximate surface area is 162 Å². The maximum Gasteiger partial charge on any atom is 0.340 e. The van der Waals surface area contributed by atoms with E-state index in [2.05, 4.69) is 15.5 Å². The molecule has 0 spiro atoms. The zero-order chi connectivity index (χ0) is 19.9. The summed E-state index contributed by atoms with van der Waals surface area (Å²) in [5.74, 6) is 0.0670. The molecule has 144 valence electrons. The standard InChI is InChI=1S/C21H21N3O4/c1-3-27-21(26)16-6-4-5-7-17(16)22-18(25)12-13-19-23-24-20(28-19)15-10-8-14(2)9-11-15/h4-11H,3,12-13H2,1-2H3,(H,22,25). The number of ether oxygens (including phenoxy) is 1. The van der Waals surface area contributed by atoms with E-state index in [1.807, 2.05) is 31.2 Å². The fourth-order valence-electron chi connectivity index (χ4n) is 2.58. The molecule has 0 aliphatic heterocycles. The number of carbonyl (C=O) groups is 2. The number of anilines is 1. The third-order valence-corrected chi connectivity index (χ3v) is 4.03. The zero-order valence-corrected chi connectivity index (χ0v) is 15.8. The first-order chi connectivity index (χ1) is 13.6. The van der Waals surface area contributed by atoms with E-state index in [1.54, 1.807) is 31.2 Å². The normalized spacial score (nSPS) is 10.5. The van der Waals surface area contributed by atoms with Crippen molar-refractivity contribution in [2.45, 2.75) is 26.7 Å². The lowest BCUT2D eigenvalue weighted by molar-refractivity contribution is -0.116. The van der Waals surface area contributed by atoms with E-state index in [-0.39, 0.29) is 18.9 Å². The van der Waals surface area contributed by atoms with E-state index in [9.17, 15) is 9.59 Å². The third kappa shape index (κ3) is 4.82. The van der Waals surface area contributed by atoms with Crippen molar-refractivity contribution in [2.24, 2.45) is 0 Å². The van der Waals surface area contributed by atoms with Gasteiger partial charge >= 0.3 is 5.97 Å². The molecule has 0 fully saturated rings. The molecule has 1 N–H and O–H groups in total. The number of rotatable bonds is 7. The second-order valence-electron chi connectivity index (χ2n) is 6.18.